The molecule has 0 amide bonds. The molecule has 276 valence electrons. The summed E-state index contributed by atoms with van der Waals surface area (Å²) in [6.45, 7) is 5.25. The van der Waals surface area contributed by atoms with Crippen LogP contribution in [0.15, 0.2) is 164 Å². The molecule has 0 unspecified atom stereocenters. The molecule has 2 nitrogen and oxygen atoms in total. The predicted octanol–water partition coefficient (Wildman–Crippen LogP) is 15.9. The van der Waals surface area contributed by atoms with Gasteiger partial charge in [-0.2, -0.15) is 0 Å². The van der Waals surface area contributed by atoms with E-state index in [0.29, 0.717) is 0 Å². The molecule has 7 aromatic carbocycles. The van der Waals surface area contributed by atoms with Gasteiger partial charge < -0.3 is 9.13 Å². The van der Waals surface area contributed by atoms with Gasteiger partial charge in [0, 0.05) is 47.9 Å². The molecule has 0 bridgehead atoms. The third kappa shape index (κ3) is 4.77. The van der Waals surface area contributed by atoms with Crippen molar-refractivity contribution in [2.24, 2.45) is 0 Å². The van der Waals surface area contributed by atoms with Gasteiger partial charge in [-0.25, -0.2) is 0 Å². The highest BCUT2D eigenvalue weighted by Crippen LogP contribution is 2.52. The van der Waals surface area contributed by atoms with Crippen LogP contribution in [0.3, 0.4) is 0 Å². The fraction of sp³-hybridized carbons (Fsp3) is 0.0909. The Morgan fingerprint density at radius 2 is 1.24 bits per heavy atom. The molecular formula is C55H40N2S. The summed E-state index contributed by atoms with van der Waals surface area (Å²) in [6, 6.07) is 48.6. The first-order valence-electron chi connectivity index (χ1n) is 20.5. The zero-order chi connectivity index (χ0) is 38.5. The quantitative estimate of drug-likeness (QED) is 0.159. The molecule has 3 heterocycles. The molecule has 0 saturated carbocycles. The fourth-order valence-electron chi connectivity index (χ4n) is 10.1. The molecule has 3 aromatic heterocycles. The molecule has 10 aromatic rings. The lowest BCUT2D eigenvalue weighted by molar-refractivity contribution is 1.02. The van der Waals surface area contributed by atoms with Gasteiger partial charge >= 0.3 is 0 Å². The molecule has 0 radical (unpaired) electrons. The second-order valence-electron chi connectivity index (χ2n) is 15.8. The van der Waals surface area contributed by atoms with Gasteiger partial charge in [0.15, 0.2) is 0 Å². The molecular weight excluding hydrogens is 721 g/mol. The number of aryl methyl sites for hydroxylation is 1. The lowest BCUT2D eigenvalue weighted by Crippen LogP contribution is -1.96. The SMILES string of the molecule is C1=CC(n2c3ccccc3c3cc(-c4ccc5c(c4)c4c6cccc7c6c(cc4n5-c4ccc5sc6c(c5c4)C=CCC6)-c4ccccc4-7)ccc32)=CCC1.C=CC. The van der Waals surface area contributed by atoms with Crippen LogP contribution in [-0.4, -0.2) is 9.13 Å². The highest BCUT2D eigenvalue weighted by atomic mass is 32.1. The van der Waals surface area contributed by atoms with E-state index < -0.39 is 0 Å². The standard InChI is InChI=1S/C52H34N2S.C3H6/c1-2-11-33(12-3-1)53-45-19-8-6-15-37(45)41-27-31(21-24-46(41)53)32-22-25-47-44(28-32)52-40-18-10-17-39-35-13-4-5-14-36(35)43(51(39)40)30-48(52)54(47)34-23-26-50-42(29-34)38-16-7-9-20-49(38)55-50;1-3-2/h2,4-8,10-19,21-30H,1,3,9,20H2;3H,1H2,2H3. The maximum absolute atomic E-state index is 3.36. The van der Waals surface area contributed by atoms with Crippen molar-refractivity contribution < 1.29 is 0 Å². The number of para-hydroxylation sites is 1. The average Bonchev–Trinajstić information content (AvgIpc) is 4.01. The predicted molar refractivity (Wildman–Crippen MR) is 252 cm³/mol. The van der Waals surface area contributed by atoms with Crippen LogP contribution in [-0.2, 0) is 6.42 Å². The number of hydrogen-bond donors (Lipinski definition) is 0. The van der Waals surface area contributed by atoms with Gasteiger partial charge in [-0.15, -0.1) is 17.9 Å². The van der Waals surface area contributed by atoms with Gasteiger partial charge in [0.05, 0.1) is 22.1 Å². The third-order valence-corrected chi connectivity index (χ3v) is 13.7. The highest BCUT2D eigenvalue weighted by Gasteiger charge is 2.26. The Morgan fingerprint density at radius 1 is 0.534 bits per heavy atom. The van der Waals surface area contributed by atoms with Gasteiger partial charge in [0.2, 0.25) is 0 Å². The van der Waals surface area contributed by atoms with E-state index in [1.807, 2.05) is 18.3 Å². The molecule has 0 saturated heterocycles. The minimum Gasteiger partial charge on any atom is -0.310 e. The third-order valence-electron chi connectivity index (χ3n) is 12.5. The maximum atomic E-state index is 3.36. The Morgan fingerprint density at radius 3 is 2.07 bits per heavy atom. The van der Waals surface area contributed by atoms with Gasteiger partial charge in [0.1, 0.15) is 0 Å². The van der Waals surface area contributed by atoms with Crippen molar-refractivity contribution in [1.29, 1.82) is 0 Å². The molecule has 0 N–H and O–H groups in total. The van der Waals surface area contributed by atoms with E-state index in [4.69, 9.17) is 0 Å². The number of thiophene rings is 1. The van der Waals surface area contributed by atoms with Crippen molar-refractivity contribution in [2.75, 3.05) is 0 Å². The molecule has 3 heteroatoms. The molecule has 0 aliphatic heterocycles. The summed E-state index contributed by atoms with van der Waals surface area (Å²) in [5.74, 6) is 0. The van der Waals surface area contributed by atoms with Crippen molar-refractivity contribution in [3.8, 4) is 39.1 Å². The summed E-state index contributed by atoms with van der Waals surface area (Å²) in [5.41, 5.74) is 16.7. The number of nitrogens with zero attached hydrogens (tertiary/aromatic N) is 2. The monoisotopic (exact) mass is 760 g/mol. The highest BCUT2D eigenvalue weighted by molar-refractivity contribution is 7.19. The number of allylic oxidation sites excluding steroid dienone is 6. The van der Waals surface area contributed by atoms with Crippen LogP contribution in [0.25, 0.3) is 115 Å². The first-order chi connectivity index (χ1) is 28.7. The molecule has 0 atom stereocenters. The Balaban J connectivity index is 0.00000119. The van der Waals surface area contributed by atoms with Crippen molar-refractivity contribution in [2.45, 2.75) is 32.6 Å². The molecule has 58 heavy (non-hydrogen) atoms. The van der Waals surface area contributed by atoms with Crippen molar-refractivity contribution in [3.63, 3.8) is 0 Å². The van der Waals surface area contributed by atoms with E-state index in [1.54, 1.807) is 6.08 Å². The van der Waals surface area contributed by atoms with Crippen molar-refractivity contribution in [1.82, 2.24) is 9.13 Å². The van der Waals surface area contributed by atoms with Crippen LogP contribution in [0.2, 0.25) is 0 Å². The second-order valence-corrected chi connectivity index (χ2v) is 17.0. The van der Waals surface area contributed by atoms with Crippen LogP contribution < -0.4 is 0 Å². The number of rotatable bonds is 3. The summed E-state index contributed by atoms with van der Waals surface area (Å²) in [7, 11) is 0. The summed E-state index contributed by atoms with van der Waals surface area (Å²) in [5, 5.41) is 9.26. The minimum absolute atomic E-state index is 1.08. The number of fused-ring (bicyclic) bond motifs is 13. The number of hydrogen-bond acceptors (Lipinski definition) is 1. The van der Waals surface area contributed by atoms with Gasteiger partial charge in [-0.1, -0.05) is 103 Å². The number of benzene rings is 7. The molecule has 0 fully saturated rings. The lowest BCUT2D eigenvalue weighted by Gasteiger charge is -2.12. The van der Waals surface area contributed by atoms with Crippen molar-refractivity contribution in [3.05, 3.63) is 175 Å². The summed E-state index contributed by atoms with van der Waals surface area (Å²) in [6.07, 6.45) is 17.9. The Labute approximate surface area is 341 Å². The molecule has 0 spiro atoms. The zero-order valence-electron chi connectivity index (χ0n) is 32.4. The first kappa shape index (κ1) is 33.5. The summed E-state index contributed by atoms with van der Waals surface area (Å²) in [4.78, 5) is 1.51. The minimum atomic E-state index is 1.08. The van der Waals surface area contributed by atoms with Crippen LogP contribution in [0, 0.1) is 0 Å². The fourth-order valence-corrected chi connectivity index (χ4v) is 11.3. The van der Waals surface area contributed by atoms with E-state index in [1.165, 1.54) is 120 Å². The van der Waals surface area contributed by atoms with E-state index >= 15 is 0 Å². The van der Waals surface area contributed by atoms with Crippen LogP contribution >= 0.6 is 11.3 Å². The topological polar surface area (TPSA) is 9.86 Å². The van der Waals surface area contributed by atoms with E-state index in [-0.39, 0.29) is 0 Å². The van der Waals surface area contributed by atoms with E-state index in [2.05, 4.69) is 173 Å². The van der Waals surface area contributed by atoms with Crippen molar-refractivity contribution >= 4 is 87.6 Å². The molecule has 3 aliphatic carbocycles. The summed E-state index contributed by atoms with van der Waals surface area (Å²) >= 11 is 1.96. The lowest BCUT2D eigenvalue weighted by atomic mass is 9.96. The normalized spacial score (nSPS) is 14.1. The van der Waals surface area contributed by atoms with Crippen LogP contribution in [0.5, 0.6) is 0 Å². The smallest absolute Gasteiger partial charge is 0.0553 e. The van der Waals surface area contributed by atoms with E-state index in [9.17, 15) is 0 Å². The molecule has 3 aliphatic rings. The summed E-state index contributed by atoms with van der Waals surface area (Å²) < 4.78 is 6.35. The van der Waals surface area contributed by atoms with Gasteiger partial charge in [0.25, 0.3) is 0 Å². The first-order valence-corrected chi connectivity index (χ1v) is 21.4. The largest absolute Gasteiger partial charge is 0.310 e. The van der Waals surface area contributed by atoms with Crippen LogP contribution in [0.4, 0.5) is 0 Å². The Hall–Kier alpha value is -6.68. The Kier molecular flexibility index (Phi) is 7.46. The van der Waals surface area contributed by atoms with Crippen LogP contribution in [0.1, 0.15) is 36.6 Å². The average molecular weight is 761 g/mol. The maximum Gasteiger partial charge on any atom is 0.0553 e. The van der Waals surface area contributed by atoms with E-state index in [0.717, 1.165) is 25.7 Å². The zero-order valence-corrected chi connectivity index (χ0v) is 33.2. The van der Waals surface area contributed by atoms with Gasteiger partial charge in [-0.3, -0.25) is 0 Å². The second kappa shape index (κ2) is 12.9. The Bertz CT molecular complexity index is 3480. The van der Waals surface area contributed by atoms with Gasteiger partial charge in [-0.05, 0) is 143 Å². The molecule has 13 rings (SSSR count). The number of aromatic nitrogens is 2.